The van der Waals surface area contributed by atoms with E-state index in [9.17, 15) is 4.79 Å². The molecule has 4 aromatic carbocycles. The number of ether oxygens (including phenoxy) is 3. The zero-order valence-corrected chi connectivity index (χ0v) is 25.7. The number of esters is 1. The van der Waals surface area contributed by atoms with Gasteiger partial charge in [-0.1, -0.05) is 65.7 Å². The first-order valence-corrected chi connectivity index (χ1v) is 15.3. The molecule has 2 aliphatic rings. The number of morpholine rings is 1. The maximum absolute atomic E-state index is 13.5. The summed E-state index contributed by atoms with van der Waals surface area (Å²) in [5.41, 5.74) is 4.15. The number of para-hydroxylation sites is 2. The lowest BCUT2D eigenvalue weighted by atomic mass is 10.1. The van der Waals surface area contributed by atoms with E-state index in [0.29, 0.717) is 34.6 Å². The van der Waals surface area contributed by atoms with Crippen LogP contribution in [0.4, 0.5) is 17.1 Å². The van der Waals surface area contributed by atoms with Gasteiger partial charge in [0, 0.05) is 45.6 Å². The van der Waals surface area contributed by atoms with E-state index >= 15 is 0 Å². The van der Waals surface area contributed by atoms with Gasteiger partial charge >= 0.3 is 5.97 Å². The molecule has 1 fully saturated rings. The molecule has 0 bridgehead atoms. The Morgan fingerprint density at radius 3 is 2.20 bits per heavy atom. The van der Waals surface area contributed by atoms with Crippen LogP contribution in [-0.2, 0) is 20.9 Å². The minimum Gasteiger partial charge on any atom is -0.488 e. The van der Waals surface area contributed by atoms with Gasteiger partial charge in [0.25, 0.3) is 0 Å². The highest BCUT2D eigenvalue weighted by Crippen LogP contribution is 2.43. The summed E-state index contributed by atoms with van der Waals surface area (Å²) in [6.07, 6.45) is -0.580. The van der Waals surface area contributed by atoms with E-state index in [1.165, 1.54) is 0 Å². The van der Waals surface area contributed by atoms with Gasteiger partial charge in [0.1, 0.15) is 12.4 Å². The van der Waals surface area contributed by atoms with Crippen LogP contribution in [0.1, 0.15) is 24.2 Å². The molecule has 10 heteroatoms. The predicted octanol–water partition coefficient (Wildman–Crippen LogP) is 7.31. The highest BCUT2D eigenvalue weighted by molar-refractivity contribution is 6.42. The number of hydrogen-bond donors (Lipinski definition) is 0. The Morgan fingerprint density at radius 2 is 1.50 bits per heavy atom. The van der Waals surface area contributed by atoms with Crippen molar-refractivity contribution in [2.24, 2.45) is 5.10 Å². The number of carbonyl (C=O) groups excluding carboxylic acids is 1. The van der Waals surface area contributed by atoms with E-state index in [0.717, 1.165) is 35.7 Å². The van der Waals surface area contributed by atoms with E-state index in [2.05, 4.69) is 17.0 Å². The summed E-state index contributed by atoms with van der Waals surface area (Å²) in [6, 6.07) is 31.0. The van der Waals surface area contributed by atoms with Gasteiger partial charge in [-0.3, -0.25) is 4.90 Å². The van der Waals surface area contributed by atoms with Gasteiger partial charge in [-0.25, -0.2) is 9.80 Å². The molecular formula is C34H32Cl2N4O4. The Kier molecular flexibility index (Phi) is 9.21. The Hall–Kier alpha value is -4.24. The van der Waals surface area contributed by atoms with Gasteiger partial charge < -0.3 is 19.1 Å². The standard InChI is InChI=1S/C34H32Cl2N4O4/c1-2-43-34(41)32-37-40(26-9-4-3-5-10-26)33(39(32)25-17-15-24(16-18-25)38-19-21-42-22-20-38)27-11-6-7-14-31(27)44-23-28-29(35)12-8-13-30(28)36/h3-18,33H,2,19-23H2,1H3. The zero-order valence-electron chi connectivity index (χ0n) is 24.2. The maximum Gasteiger partial charge on any atom is 0.376 e. The molecule has 44 heavy (non-hydrogen) atoms. The lowest BCUT2D eigenvalue weighted by Gasteiger charge is -2.33. The number of nitrogens with zero attached hydrogens (tertiary/aromatic N) is 4. The molecule has 0 spiro atoms. The third-order valence-corrected chi connectivity index (χ3v) is 8.23. The molecule has 0 aromatic heterocycles. The second-order valence-electron chi connectivity index (χ2n) is 10.2. The molecule has 1 atom stereocenters. The second kappa shape index (κ2) is 13.6. The molecule has 2 aliphatic heterocycles. The fourth-order valence-electron chi connectivity index (χ4n) is 5.37. The summed E-state index contributed by atoms with van der Waals surface area (Å²) in [5, 5.41) is 7.74. The van der Waals surface area contributed by atoms with Crippen LogP contribution < -0.4 is 19.5 Å². The third kappa shape index (κ3) is 6.19. The van der Waals surface area contributed by atoms with Gasteiger partial charge in [0.05, 0.1) is 25.5 Å². The van der Waals surface area contributed by atoms with Gasteiger partial charge in [0.2, 0.25) is 5.84 Å². The van der Waals surface area contributed by atoms with Crippen molar-refractivity contribution in [1.29, 1.82) is 0 Å². The average Bonchev–Trinajstić information content (AvgIpc) is 3.46. The van der Waals surface area contributed by atoms with Crippen molar-refractivity contribution < 1.29 is 19.0 Å². The van der Waals surface area contributed by atoms with Crippen molar-refractivity contribution in [3.8, 4) is 5.75 Å². The topological polar surface area (TPSA) is 66.8 Å². The molecule has 6 rings (SSSR count). The molecule has 0 saturated carbocycles. The van der Waals surface area contributed by atoms with E-state index in [-0.39, 0.29) is 19.0 Å². The molecular weight excluding hydrogens is 599 g/mol. The Balaban J connectivity index is 1.43. The molecule has 0 amide bonds. The zero-order chi connectivity index (χ0) is 30.5. The fourth-order valence-corrected chi connectivity index (χ4v) is 5.88. The first kappa shape index (κ1) is 29.8. The lowest BCUT2D eigenvalue weighted by Crippen LogP contribution is -2.39. The van der Waals surface area contributed by atoms with Gasteiger partial charge in [-0.05, 0) is 61.5 Å². The second-order valence-corrected chi connectivity index (χ2v) is 11.0. The van der Waals surface area contributed by atoms with Crippen molar-refractivity contribution >= 4 is 52.1 Å². The van der Waals surface area contributed by atoms with Crippen molar-refractivity contribution in [3.63, 3.8) is 0 Å². The Morgan fingerprint density at radius 1 is 0.841 bits per heavy atom. The predicted molar refractivity (Wildman–Crippen MR) is 175 cm³/mol. The number of carbonyl (C=O) groups is 1. The molecule has 2 heterocycles. The van der Waals surface area contributed by atoms with Crippen LogP contribution in [0.2, 0.25) is 10.0 Å². The lowest BCUT2D eigenvalue weighted by molar-refractivity contribution is -0.135. The number of anilines is 3. The summed E-state index contributed by atoms with van der Waals surface area (Å²) >= 11 is 12.9. The van der Waals surface area contributed by atoms with Crippen molar-refractivity contribution in [3.05, 3.63) is 118 Å². The van der Waals surface area contributed by atoms with Gasteiger partial charge in [-0.2, -0.15) is 0 Å². The first-order valence-electron chi connectivity index (χ1n) is 14.5. The number of amidine groups is 1. The van der Waals surface area contributed by atoms with Crippen LogP contribution in [0.15, 0.2) is 102 Å². The first-order chi connectivity index (χ1) is 21.5. The van der Waals surface area contributed by atoms with Crippen LogP contribution in [0, 0.1) is 0 Å². The summed E-state index contributed by atoms with van der Waals surface area (Å²) in [6.45, 7) is 5.19. The molecule has 0 N–H and O–H groups in total. The van der Waals surface area contributed by atoms with E-state index in [4.69, 9.17) is 42.5 Å². The summed E-state index contributed by atoms with van der Waals surface area (Å²) in [7, 11) is 0. The highest BCUT2D eigenvalue weighted by atomic mass is 35.5. The Labute approximate surface area is 266 Å². The van der Waals surface area contributed by atoms with Crippen molar-refractivity contribution in [1.82, 2.24) is 0 Å². The van der Waals surface area contributed by atoms with Crippen molar-refractivity contribution in [2.45, 2.75) is 19.7 Å². The number of rotatable bonds is 9. The quantitative estimate of drug-likeness (QED) is 0.180. The Bertz CT molecular complexity index is 1610. The summed E-state index contributed by atoms with van der Waals surface area (Å²) in [4.78, 5) is 17.7. The maximum atomic E-state index is 13.5. The SMILES string of the molecule is CCOC(=O)C1=NN(c2ccccc2)C(c2ccccc2OCc2c(Cl)cccc2Cl)N1c1ccc(N2CCOCC2)cc1. The monoisotopic (exact) mass is 630 g/mol. The normalized spacial score (nSPS) is 16.6. The smallest absolute Gasteiger partial charge is 0.376 e. The fraction of sp³-hybridized carbons (Fsp3) is 0.235. The summed E-state index contributed by atoms with van der Waals surface area (Å²) in [5.74, 6) is 0.253. The van der Waals surface area contributed by atoms with Crippen LogP contribution in [0.25, 0.3) is 0 Å². The minimum absolute atomic E-state index is 0.160. The molecule has 226 valence electrons. The number of hydrogen-bond acceptors (Lipinski definition) is 8. The summed E-state index contributed by atoms with van der Waals surface area (Å²) < 4.78 is 17.4. The molecule has 4 aromatic rings. The van der Waals surface area contributed by atoms with Crippen LogP contribution in [0.5, 0.6) is 5.75 Å². The number of halogens is 2. The number of hydrazone groups is 1. The van der Waals surface area contributed by atoms with Gasteiger partial charge in [-0.15, -0.1) is 5.10 Å². The van der Waals surface area contributed by atoms with Crippen LogP contribution >= 0.6 is 23.2 Å². The minimum atomic E-state index is -0.580. The van der Waals surface area contributed by atoms with E-state index in [1.54, 1.807) is 25.1 Å². The van der Waals surface area contributed by atoms with E-state index in [1.807, 2.05) is 76.6 Å². The number of benzene rings is 4. The molecule has 1 saturated heterocycles. The molecule has 8 nitrogen and oxygen atoms in total. The van der Waals surface area contributed by atoms with Crippen molar-refractivity contribution in [2.75, 3.05) is 47.7 Å². The average molecular weight is 632 g/mol. The van der Waals surface area contributed by atoms with Gasteiger partial charge in [0.15, 0.2) is 6.17 Å². The van der Waals surface area contributed by atoms with Crippen LogP contribution in [-0.4, -0.2) is 44.7 Å². The molecule has 0 radical (unpaired) electrons. The third-order valence-electron chi connectivity index (χ3n) is 7.52. The van der Waals surface area contributed by atoms with Crippen LogP contribution in [0.3, 0.4) is 0 Å². The molecule has 0 aliphatic carbocycles. The largest absolute Gasteiger partial charge is 0.488 e. The van der Waals surface area contributed by atoms with E-state index < -0.39 is 12.1 Å². The highest BCUT2D eigenvalue weighted by Gasteiger charge is 2.42. The molecule has 1 unspecified atom stereocenters.